The fraction of sp³-hybridized carbons (Fsp3) is 0.778. The molecule has 58 valence electrons. The summed E-state index contributed by atoms with van der Waals surface area (Å²) in [4.78, 5) is 0. The minimum atomic E-state index is 0.456. The van der Waals surface area contributed by atoms with E-state index < -0.39 is 0 Å². The summed E-state index contributed by atoms with van der Waals surface area (Å²) in [5.74, 6) is 0.803. The lowest BCUT2D eigenvalue weighted by Crippen LogP contribution is -2.31. The standard InChI is InChI=1S/C9H17N/c1-9(2,3)8-5-4-6-10-7-8/h4,6,8,10H,5,7H2,1-3H3. The summed E-state index contributed by atoms with van der Waals surface area (Å²) in [6.45, 7) is 8.05. The molecule has 1 heteroatoms. The minimum Gasteiger partial charge on any atom is -0.391 e. The fourth-order valence-electron chi connectivity index (χ4n) is 1.27. The van der Waals surface area contributed by atoms with E-state index in [9.17, 15) is 0 Å². The van der Waals surface area contributed by atoms with Crippen LogP contribution in [-0.2, 0) is 0 Å². The van der Waals surface area contributed by atoms with Gasteiger partial charge in [0, 0.05) is 6.54 Å². The van der Waals surface area contributed by atoms with Crippen LogP contribution < -0.4 is 5.32 Å². The highest BCUT2D eigenvalue weighted by atomic mass is 14.8. The van der Waals surface area contributed by atoms with E-state index >= 15 is 0 Å². The van der Waals surface area contributed by atoms with Crippen molar-refractivity contribution in [2.45, 2.75) is 27.2 Å². The van der Waals surface area contributed by atoms with Crippen molar-refractivity contribution >= 4 is 0 Å². The summed E-state index contributed by atoms with van der Waals surface area (Å²) in [6.07, 6.45) is 5.51. The van der Waals surface area contributed by atoms with E-state index in [-0.39, 0.29) is 0 Å². The molecule has 1 N–H and O–H groups in total. The van der Waals surface area contributed by atoms with Gasteiger partial charge in [-0.2, -0.15) is 0 Å². The molecule has 0 saturated heterocycles. The molecule has 0 spiro atoms. The van der Waals surface area contributed by atoms with E-state index in [4.69, 9.17) is 0 Å². The molecule has 0 amide bonds. The highest BCUT2D eigenvalue weighted by molar-refractivity contribution is 4.92. The van der Waals surface area contributed by atoms with Crippen molar-refractivity contribution in [1.29, 1.82) is 0 Å². The average molecular weight is 139 g/mol. The van der Waals surface area contributed by atoms with Crippen molar-refractivity contribution in [3.63, 3.8) is 0 Å². The van der Waals surface area contributed by atoms with E-state index in [0.29, 0.717) is 5.41 Å². The second-order valence-electron chi connectivity index (χ2n) is 4.11. The molecule has 1 aliphatic heterocycles. The molecule has 1 unspecified atom stereocenters. The summed E-state index contributed by atoms with van der Waals surface area (Å²) in [5, 5.41) is 3.26. The first-order valence-corrected chi connectivity index (χ1v) is 3.99. The number of nitrogens with one attached hydrogen (secondary N) is 1. The van der Waals surface area contributed by atoms with E-state index in [1.165, 1.54) is 6.42 Å². The molecule has 1 nitrogen and oxygen atoms in total. The van der Waals surface area contributed by atoms with Crippen LogP contribution in [0.4, 0.5) is 0 Å². The molecule has 0 radical (unpaired) electrons. The third-order valence-electron chi connectivity index (χ3n) is 2.25. The zero-order chi connectivity index (χ0) is 7.61. The summed E-state index contributed by atoms with van der Waals surface area (Å²) in [5.41, 5.74) is 0.456. The van der Waals surface area contributed by atoms with Crippen LogP contribution in [0.5, 0.6) is 0 Å². The molecule has 1 aliphatic rings. The molecule has 0 bridgehead atoms. The number of rotatable bonds is 0. The van der Waals surface area contributed by atoms with Crippen LogP contribution in [0.15, 0.2) is 12.3 Å². The molecule has 1 atom stereocenters. The van der Waals surface area contributed by atoms with Crippen molar-refractivity contribution in [3.8, 4) is 0 Å². The monoisotopic (exact) mass is 139 g/mol. The third kappa shape index (κ3) is 1.76. The first-order chi connectivity index (χ1) is 4.61. The first-order valence-electron chi connectivity index (χ1n) is 3.99. The fourth-order valence-corrected chi connectivity index (χ4v) is 1.27. The highest BCUT2D eigenvalue weighted by Gasteiger charge is 2.23. The summed E-state index contributed by atoms with van der Waals surface area (Å²) in [6, 6.07) is 0. The summed E-state index contributed by atoms with van der Waals surface area (Å²) in [7, 11) is 0. The van der Waals surface area contributed by atoms with Crippen LogP contribution in [0.1, 0.15) is 27.2 Å². The lowest BCUT2D eigenvalue weighted by atomic mass is 9.78. The Labute approximate surface area is 63.5 Å². The van der Waals surface area contributed by atoms with E-state index in [0.717, 1.165) is 12.5 Å². The largest absolute Gasteiger partial charge is 0.391 e. The normalized spacial score (nSPS) is 26.1. The molecule has 10 heavy (non-hydrogen) atoms. The van der Waals surface area contributed by atoms with E-state index in [1.807, 2.05) is 0 Å². The highest BCUT2D eigenvalue weighted by Crippen LogP contribution is 2.29. The third-order valence-corrected chi connectivity index (χ3v) is 2.25. The molecule has 1 heterocycles. The molecule has 0 saturated carbocycles. The molecule has 0 aliphatic carbocycles. The Kier molecular flexibility index (Phi) is 2.02. The van der Waals surface area contributed by atoms with E-state index in [2.05, 4.69) is 38.4 Å². The molecule has 1 rings (SSSR count). The first kappa shape index (κ1) is 7.64. The quantitative estimate of drug-likeness (QED) is 0.542. The Morgan fingerprint density at radius 2 is 2.10 bits per heavy atom. The van der Waals surface area contributed by atoms with Crippen LogP contribution in [0.25, 0.3) is 0 Å². The Hall–Kier alpha value is -0.460. The maximum Gasteiger partial charge on any atom is 0.0177 e. The maximum atomic E-state index is 3.26. The van der Waals surface area contributed by atoms with Crippen molar-refractivity contribution < 1.29 is 0 Å². The van der Waals surface area contributed by atoms with Gasteiger partial charge in [0.15, 0.2) is 0 Å². The van der Waals surface area contributed by atoms with Gasteiger partial charge < -0.3 is 5.32 Å². The van der Waals surface area contributed by atoms with E-state index in [1.54, 1.807) is 0 Å². The van der Waals surface area contributed by atoms with Crippen molar-refractivity contribution in [2.75, 3.05) is 6.54 Å². The molecular formula is C9H17N. The van der Waals surface area contributed by atoms with Crippen molar-refractivity contribution in [2.24, 2.45) is 11.3 Å². The number of hydrogen-bond donors (Lipinski definition) is 1. The smallest absolute Gasteiger partial charge is 0.0177 e. The van der Waals surface area contributed by atoms with Crippen LogP contribution in [-0.4, -0.2) is 6.54 Å². The van der Waals surface area contributed by atoms with Crippen molar-refractivity contribution in [1.82, 2.24) is 5.32 Å². The van der Waals surface area contributed by atoms with Crippen LogP contribution in [0, 0.1) is 11.3 Å². The SMILES string of the molecule is CC(C)(C)C1CC=CNC1. The zero-order valence-electron chi connectivity index (χ0n) is 7.15. The van der Waals surface area contributed by atoms with Gasteiger partial charge in [-0.25, -0.2) is 0 Å². The molecule has 0 aromatic heterocycles. The van der Waals surface area contributed by atoms with Gasteiger partial charge in [0.25, 0.3) is 0 Å². The molecule has 0 aromatic rings. The second-order valence-corrected chi connectivity index (χ2v) is 4.11. The van der Waals surface area contributed by atoms with Gasteiger partial charge in [-0.3, -0.25) is 0 Å². The molecule has 0 aromatic carbocycles. The Bertz CT molecular complexity index is 130. The Morgan fingerprint density at radius 1 is 1.40 bits per heavy atom. The second kappa shape index (κ2) is 2.65. The van der Waals surface area contributed by atoms with Gasteiger partial charge in [0.1, 0.15) is 0 Å². The predicted molar refractivity (Wildman–Crippen MR) is 44.7 cm³/mol. The number of hydrogen-bond acceptors (Lipinski definition) is 1. The van der Waals surface area contributed by atoms with Gasteiger partial charge in [0.05, 0.1) is 0 Å². The Morgan fingerprint density at radius 3 is 2.40 bits per heavy atom. The molecule has 0 fully saturated rings. The van der Waals surface area contributed by atoms with Gasteiger partial charge in [0.2, 0.25) is 0 Å². The van der Waals surface area contributed by atoms with Crippen LogP contribution in [0.3, 0.4) is 0 Å². The predicted octanol–water partition coefficient (Wildman–Crippen LogP) is 2.16. The number of allylic oxidation sites excluding steroid dienone is 1. The van der Waals surface area contributed by atoms with Gasteiger partial charge in [-0.05, 0) is 24.0 Å². The lowest BCUT2D eigenvalue weighted by molar-refractivity contribution is 0.234. The van der Waals surface area contributed by atoms with Crippen LogP contribution in [0.2, 0.25) is 0 Å². The van der Waals surface area contributed by atoms with Crippen molar-refractivity contribution in [3.05, 3.63) is 12.3 Å². The average Bonchev–Trinajstić information content (AvgIpc) is 1.88. The van der Waals surface area contributed by atoms with Gasteiger partial charge >= 0.3 is 0 Å². The van der Waals surface area contributed by atoms with Crippen LogP contribution >= 0.6 is 0 Å². The maximum absolute atomic E-state index is 3.26. The Balaban J connectivity index is 2.49. The molecular weight excluding hydrogens is 122 g/mol. The zero-order valence-corrected chi connectivity index (χ0v) is 7.15. The van der Waals surface area contributed by atoms with Gasteiger partial charge in [-0.15, -0.1) is 0 Å². The van der Waals surface area contributed by atoms with Gasteiger partial charge in [-0.1, -0.05) is 26.8 Å². The topological polar surface area (TPSA) is 12.0 Å². The summed E-state index contributed by atoms with van der Waals surface area (Å²) < 4.78 is 0. The minimum absolute atomic E-state index is 0.456. The summed E-state index contributed by atoms with van der Waals surface area (Å²) >= 11 is 0. The lowest BCUT2D eigenvalue weighted by Gasteiger charge is -2.31.